The van der Waals surface area contributed by atoms with Gasteiger partial charge in [-0.25, -0.2) is 0 Å². The molecule has 0 aromatic carbocycles. The molecule has 4 atom stereocenters. The molecule has 2 heterocycles. The second kappa shape index (κ2) is 10.00. The number of aliphatic hydroxyl groups is 1. The molecule has 2 aliphatic heterocycles. The zero-order valence-electron chi connectivity index (χ0n) is 22.3. The number of hydrogen-bond donors (Lipinski definition) is 1. The molecule has 0 spiro atoms. The Bertz CT molecular complexity index is 1200. The third-order valence-corrected chi connectivity index (χ3v) is 8.10. The van der Waals surface area contributed by atoms with Crippen molar-refractivity contribution in [3.8, 4) is 0 Å². The fourth-order valence-corrected chi connectivity index (χ4v) is 6.43. The molecule has 0 aromatic heterocycles. The highest BCUT2D eigenvalue weighted by atomic mass is 16.5. The van der Waals surface area contributed by atoms with Crippen molar-refractivity contribution in [2.24, 2.45) is 0 Å². The number of likely N-dealkylation sites (N-methyl/N-ethyl adjacent to an activating group) is 1. The van der Waals surface area contributed by atoms with Crippen LogP contribution in [0.1, 0.15) is 33.1 Å². The number of aliphatic hydroxyl groups excluding tert-OH is 1. The first-order valence-corrected chi connectivity index (χ1v) is 12.3. The van der Waals surface area contributed by atoms with Crippen LogP contribution < -0.4 is 0 Å². The van der Waals surface area contributed by atoms with Gasteiger partial charge in [0.15, 0.2) is 11.5 Å². The maximum Gasteiger partial charge on any atom is 0.229 e. The van der Waals surface area contributed by atoms with Crippen molar-refractivity contribution in [2.75, 3.05) is 42.0 Å². The molecule has 10 nitrogen and oxygen atoms in total. The molecule has 4 aliphatic rings. The summed E-state index contributed by atoms with van der Waals surface area (Å²) in [7, 11) is 7.78. The number of rotatable bonds is 6. The number of allylic oxidation sites excluding steroid dienone is 4. The smallest absolute Gasteiger partial charge is 0.229 e. The van der Waals surface area contributed by atoms with E-state index in [9.17, 15) is 24.3 Å². The molecule has 2 aliphatic carbocycles. The van der Waals surface area contributed by atoms with Crippen molar-refractivity contribution in [1.82, 2.24) is 9.80 Å². The number of ether oxygens (including phenoxy) is 3. The summed E-state index contributed by atoms with van der Waals surface area (Å²) < 4.78 is 16.0. The van der Waals surface area contributed by atoms with Crippen LogP contribution in [0.4, 0.5) is 0 Å². The van der Waals surface area contributed by atoms with Gasteiger partial charge in [0.2, 0.25) is 28.9 Å². The van der Waals surface area contributed by atoms with Gasteiger partial charge in [0.25, 0.3) is 0 Å². The molecule has 0 saturated carbocycles. The van der Waals surface area contributed by atoms with Crippen LogP contribution in [0.3, 0.4) is 0 Å². The third kappa shape index (κ3) is 3.89. The summed E-state index contributed by atoms with van der Waals surface area (Å²) in [6.45, 7) is 3.29. The van der Waals surface area contributed by atoms with E-state index in [1.165, 1.54) is 21.3 Å². The van der Waals surface area contributed by atoms with Crippen LogP contribution in [0.2, 0.25) is 0 Å². The van der Waals surface area contributed by atoms with Gasteiger partial charge in [-0.3, -0.25) is 24.1 Å². The van der Waals surface area contributed by atoms with Gasteiger partial charge in [0, 0.05) is 58.6 Å². The molecule has 4 rings (SSSR count). The lowest BCUT2D eigenvalue weighted by Crippen LogP contribution is -2.59. The fourth-order valence-electron chi connectivity index (χ4n) is 6.43. The van der Waals surface area contributed by atoms with Crippen LogP contribution in [-0.4, -0.2) is 104 Å². The van der Waals surface area contributed by atoms with Crippen LogP contribution in [0.5, 0.6) is 0 Å². The van der Waals surface area contributed by atoms with E-state index in [1.54, 1.807) is 6.92 Å². The minimum atomic E-state index is -0.682. The fraction of sp³-hybridized carbons (Fsp3) is 0.556. The standard InChI is InChI=1S/C27H34N2O8/c1-12-21(31)14-11-18-20-15(22(32)26(36-6)27(37-7)24(20)34)10-17(28(3)4)13(2)29(18)16(8-9-30)19(14)23(33)25(12)35-5/h13,16-18,30H,8-11H2,1-7H3/t13-,16-,17?,18-/m0/s1. The minimum absolute atomic E-state index is 0.00469. The second-order valence-electron chi connectivity index (χ2n) is 10.00. The lowest BCUT2D eigenvalue weighted by Gasteiger charge is -2.49. The van der Waals surface area contributed by atoms with Gasteiger partial charge >= 0.3 is 0 Å². The quantitative estimate of drug-likeness (QED) is 0.511. The number of fused-ring (bicyclic) bond motifs is 2. The SMILES string of the molecule is COC1=C(C)C(=O)C2=C(C1=O)[C@H](CCO)N1[C@@H](C2)C2=C(CC(N(C)C)[C@@H]1C)C(=O)C(OC)=C(OC)C2=O. The van der Waals surface area contributed by atoms with Crippen LogP contribution in [-0.2, 0) is 33.4 Å². The van der Waals surface area contributed by atoms with Crippen LogP contribution in [0.25, 0.3) is 0 Å². The third-order valence-electron chi connectivity index (χ3n) is 8.10. The number of Topliss-reactive ketones (excluding diaryl/α,β-unsaturated/α-hetero) is 4. The number of carbonyl (C=O) groups is 4. The highest BCUT2D eigenvalue weighted by Crippen LogP contribution is 2.46. The van der Waals surface area contributed by atoms with Crippen molar-refractivity contribution in [1.29, 1.82) is 0 Å². The summed E-state index contributed by atoms with van der Waals surface area (Å²) in [6, 6.07) is -1.82. The molecule has 0 saturated heterocycles. The van der Waals surface area contributed by atoms with Gasteiger partial charge in [0.1, 0.15) is 0 Å². The number of carbonyl (C=O) groups excluding carboxylic acids is 4. The second-order valence-corrected chi connectivity index (χ2v) is 10.00. The first-order valence-electron chi connectivity index (χ1n) is 12.3. The lowest BCUT2D eigenvalue weighted by atomic mass is 9.74. The van der Waals surface area contributed by atoms with E-state index < -0.39 is 23.7 Å². The monoisotopic (exact) mass is 514 g/mol. The Morgan fingerprint density at radius 2 is 1.38 bits per heavy atom. The van der Waals surface area contributed by atoms with E-state index in [0.717, 1.165) is 0 Å². The number of nitrogens with zero attached hydrogens (tertiary/aromatic N) is 2. The van der Waals surface area contributed by atoms with E-state index in [0.29, 0.717) is 16.7 Å². The molecule has 0 amide bonds. The maximum atomic E-state index is 13.9. The molecule has 10 heteroatoms. The van der Waals surface area contributed by atoms with Crippen molar-refractivity contribution in [3.63, 3.8) is 0 Å². The predicted octanol–water partition coefficient (Wildman–Crippen LogP) is 0.856. The van der Waals surface area contributed by atoms with Crippen LogP contribution in [0, 0.1) is 0 Å². The average Bonchev–Trinajstić information content (AvgIpc) is 2.99. The van der Waals surface area contributed by atoms with Crippen LogP contribution in [0.15, 0.2) is 45.1 Å². The minimum Gasteiger partial charge on any atom is -0.492 e. The van der Waals surface area contributed by atoms with Gasteiger partial charge in [0.05, 0.1) is 21.3 Å². The Hall–Kier alpha value is -3.08. The van der Waals surface area contributed by atoms with Crippen LogP contribution >= 0.6 is 0 Å². The largest absolute Gasteiger partial charge is 0.492 e. The lowest BCUT2D eigenvalue weighted by molar-refractivity contribution is -0.122. The molecule has 200 valence electrons. The van der Waals surface area contributed by atoms with E-state index in [1.807, 2.05) is 30.8 Å². The van der Waals surface area contributed by atoms with Gasteiger partial charge in [-0.05, 0) is 47.2 Å². The summed E-state index contributed by atoms with van der Waals surface area (Å²) in [6.07, 6.45) is 0.498. The Kier molecular flexibility index (Phi) is 7.29. The predicted molar refractivity (Wildman–Crippen MR) is 132 cm³/mol. The molecule has 0 radical (unpaired) electrons. The van der Waals surface area contributed by atoms with Gasteiger partial charge in [-0.15, -0.1) is 0 Å². The maximum absolute atomic E-state index is 13.9. The highest BCUT2D eigenvalue weighted by Gasteiger charge is 2.53. The van der Waals surface area contributed by atoms with Crippen molar-refractivity contribution in [3.05, 3.63) is 45.1 Å². The molecule has 37 heavy (non-hydrogen) atoms. The summed E-state index contributed by atoms with van der Waals surface area (Å²) in [5, 5.41) is 10.1. The molecular formula is C27H34N2O8. The Morgan fingerprint density at radius 1 is 0.838 bits per heavy atom. The molecule has 0 bridgehead atoms. The van der Waals surface area contributed by atoms with E-state index in [2.05, 4.69) is 0 Å². The summed E-state index contributed by atoms with van der Waals surface area (Å²) in [4.78, 5) is 58.6. The van der Waals surface area contributed by atoms with E-state index in [-0.39, 0.29) is 77.9 Å². The Morgan fingerprint density at radius 3 is 1.92 bits per heavy atom. The van der Waals surface area contributed by atoms with E-state index >= 15 is 0 Å². The van der Waals surface area contributed by atoms with Gasteiger partial charge in [-0.1, -0.05) is 0 Å². The Labute approximate surface area is 216 Å². The number of ketones is 4. The number of methoxy groups -OCH3 is 3. The number of hydrogen-bond acceptors (Lipinski definition) is 10. The topological polar surface area (TPSA) is 123 Å². The summed E-state index contributed by atoms with van der Waals surface area (Å²) >= 11 is 0. The van der Waals surface area contributed by atoms with Gasteiger partial charge < -0.3 is 24.2 Å². The molecule has 1 N–H and O–H groups in total. The first kappa shape index (κ1) is 27.0. The molecular weight excluding hydrogens is 480 g/mol. The summed E-state index contributed by atoms with van der Waals surface area (Å²) in [5.74, 6) is -1.92. The molecule has 1 unspecified atom stereocenters. The normalized spacial score (nSPS) is 29.0. The highest BCUT2D eigenvalue weighted by molar-refractivity contribution is 6.26. The van der Waals surface area contributed by atoms with E-state index in [4.69, 9.17) is 14.2 Å². The molecule has 0 aromatic rings. The zero-order chi connectivity index (χ0) is 27.3. The van der Waals surface area contributed by atoms with Crippen molar-refractivity contribution < 1.29 is 38.5 Å². The summed E-state index contributed by atoms with van der Waals surface area (Å²) in [5.41, 5.74) is 1.38. The Balaban J connectivity index is 1.99. The zero-order valence-corrected chi connectivity index (χ0v) is 22.3. The molecule has 0 fully saturated rings. The van der Waals surface area contributed by atoms with Gasteiger partial charge in [-0.2, -0.15) is 0 Å². The van der Waals surface area contributed by atoms with Crippen molar-refractivity contribution in [2.45, 2.75) is 57.3 Å². The average molecular weight is 515 g/mol. The first-order chi connectivity index (χ1) is 17.5. The van der Waals surface area contributed by atoms with Crippen molar-refractivity contribution >= 4 is 23.1 Å².